The molecule has 0 aromatic carbocycles. The number of amides is 1. The molecule has 5 nitrogen and oxygen atoms in total. The quantitative estimate of drug-likeness (QED) is 0.779. The molecule has 0 saturated carbocycles. The maximum Gasteiger partial charge on any atom is 0.410 e. The SMILES string of the molecule is CC(C)(C)OC(=O)N1CCCN(C2CCNC2)CC1. The molecule has 2 aliphatic rings. The summed E-state index contributed by atoms with van der Waals surface area (Å²) >= 11 is 0. The maximum absolute atomic E-state index is 12.1. The van der Waals surface area contributed by atoms with E-state index in [0.717, 1.165) is 45.7 Å². The largest absolute Gasteiger partial charge is 0.444 e. The minimum atomic E-state index is -0.404. The van der Waals surface area contributed by atoms with Gasteiger partial charge in [-0.05, 0) is 40.2 Å². The zero-order chi connectivity index (χ0) is 13.9. The van der Waals surface area contributed by atoms with Crippen molar-refractivity contribution in [3.63, 3.8) is 0 Å². The van der Waals surface area contributed by atoms with Crippen molar-refractivity contribution in [2.24, 2.45) is 0 Å². The fourth-order valence-corrected chi connectivity index (χ4v) is 2.76. The second kappa shape index (κ2) is 6.09. The number of hydrogen-bond acceptors (Lipinski definition) is 4. The minimum Gasteiger partial charge on any atom is -0.444 e. The lowest BCUT2D eigenvalue weighted by Crippen LogP contribution is -2.41. The smallest absolute Gasteiger partial charge is 0.410 e. The van der Waals surface area contributed by atoms with Crippen molar-refractivity contribution >= 4 is 6.09 Å². The molecule has 0 spiro atoms. The zero-order valence-electron chi connectivity index (χ0n) is 12.4. The average Bonchev–Trinajstić information content (AvgIpc) is 2.71. The molecule has 1 atom stereocenters. The minimum absolute atomic E-state index is 0.168. The number of carbonyl (C=O) groups excluding carboxylic acids is 1. The van der Waals surface area contributed by atoms with Crippen LogP contribution in [0, 0.1) is 0 Å². The summed E-state index contributed by atoms with van der Waals surface area (Å²) in [6, 6.07) is 0.651. The molecule has 110 valence electrons. The van der Waals surface area contributed by atoms with Gasteiger partial charge in [-0.3, -0.25) is 4.90 Å². The summed E-state index contributed by atoms with van der Waals surface area (Å²) in [5.74, 6) is 0. The Morgan fingerprint density at radius 1 is 1.21 bits per heavy atom. The summed E-state index contributed by atoms with van der Waals surface area (Å²) in [5, 5.41) is 3.41. The van der Waals surface area contributed by atoms with E-state index in [-0.39, 0.29) is 6.09 Å². The van der Waals surface area contributed by atoms with E-state index >= 15 is 0 Å². The molecule has 2 aliphatic heterocycles. The van der Waals surface area contributed by atoms with E-state index in [1.807, 2.05) is 25.7 Å². The van der Waals surface area contributed by atoms with E-state index in [1.54, 1.807) is 0 Å². The van der Waals surface area contributed by atoms with E-state index in [4.69, 9.17) is 4.74 Å². The van der Waals surface area contributed by atoms with Crippen molar-refractivity contribution < 1.29 is 9.53 Å². The van der Waals surface area contributed by atoms with Gasteiger partial charge in [0, 0.05) is 38.8 Å². The summed E-state index contributed by atoms with van der Waals surface area (Å²) in [6.07, 6.45) is 2.10. The Hall–Kier alpha value is -0.810. The number of ether oxygens (including phenoxy) is 1. The first-order valence-electron chi connectivity index (χ1n) is 7.38. The van der Waals surface area contributed by atoms with Crippen LogP contribution in [0.3, 0.4) is 0 Å². The highest BCUT2D eigenvalue weighted by Crippen LogP contribution is 2.15. The summed E-state index contributed by atoms with van der Waals surface area (Å²) < 4.78 is 5.45. The number of nitrogens with zero attached hydrogens (tertiary/aromatic N) is 2. The molecule has 1 amide bonds. The highest BCUT2D eigenvalue weighted by molar-refractivity contribution is 5.68. The molecular formula is C14H27N3O2. The lowest BCUT2D eigenvalue weighted by Gasteiger charge is -2.28. The lowest BCUT2D eigenvalue weighted by atomic mass is 10.2. The first-order valence-corrected chi connectivity index (χ1v) is 7.38. The van der Waals surface area contributed by atoms with Crippen LogP contribution in [0.4, 0.5) is 4.79 Å². The summed E-state index contributed by atoms with van der Waals surface area (Å²) in [5.41, 5.74) is -0.404. The third kappa shape index (κ3) is 4.35. The van der Waals surface area contributed by atoms with Crippen LogP contribution in [-0.2, 0) is 4.74 Å². The molecule has 2 heterocycles. The van der Waals surface area contributed by atoms with Crippen LogP contribution in [0.25, 0.3) is 0 Å². The van der Waals surface area contributed by atoms with Gasteiger partial charge in [0.2, 0.25) is 0 Å². The lowest BCUT2D eigenvalue weighted by molar-refractivity contribution is 0.0255. The molecule has 0 aromatic rings. The predicted octanol–water partition coefficient (Wildman–Crippen LogP) is 1.29. The second-order valence-electron chi connectivity index (χ2n) is 6.50. The van der Waals surface area contributed by atoms with Gasteiger partial charge < -0.3 is 15.0 Å². The standard InChI is InChI=1S/C14H27N3O2/c1-14(2,3)19-13(18)17-8-4-7-16(9-10-17)12-5-6-15-11-12/h12,15H,4-11H2,1-3H3. The number of rotatable bonds is 1. The fraction of sp³-hybridized carbons (Fsp3) is 0.929. The van der Waals surface area contributed by atoms with Crippen molar-refractivity contribution in [1.82, 2.24) is 15.1 Å². The van der Waals surface area contributed by atoms with Crippen molar-refractivity contribution in [1.29, 1.82) is 0 Å². The molecular weight excluding hydrogens is 242 g/mol. The van der Waals surface area contributed by atoms with Gasteiger partial charge in [0.1, 0.15) is 5.60 Å². The van der Waals surface area contributed by atoms with E-state index in [9.17, 15) is 4.79 Å². The Labute approximate surface area is 116 Å². The van der Waals surface area contributed by atoms with Crippen LogP contribution in [0.2, 0.25) is 0 Å². The Kier molecular flexibility index (Phi) is 4.68. The molecule has 0 bridgehead atoms. The molecule has 2 rings (SSSR count). The summed E-state index contributed by atoms with van der Waals surface area (Å²) in [4.78, 5) is 16.4. The van der Waals surface area contributed by atoms with Crippen LogP contribution >= 0.6 is 0 Å². The predicted molar refractivity (Wildman–Crippen MR) is 75.3 cm³/mol. The highest BCUT2D eigenvalue weighted by Gasteiger charge is 2.28. The molecule has 2 fully saturated rings. The number of nitrogens with one attached hydrogen (secondary N) is 1. The first-order chi connectivity index (χ1) is 8.96. The molecule has 1 N–H and O–H groups in total. The van der Waals surface area contributed by atoms with Crippen LogP contribution in [0.5, 0.6) is 0 Å². The summed E-state index contributed by atoms with van der Waals surface area (Å²) in [7, 11) is 0. The van der Waals surface area contributed by atoms with E-state index in [0.29, 0.717) is 6.04 Å². The monoisotopic (exact) mass is 269 g/mol. The third-order valence-electron chi connectivity index (χ3n) is 3.73. The van der Waals surface area contributed by atoms with Crippen LogP contribution in [0.15, 0.2) is 0 Å². The molecule has 2 saturated heterocycles. The van der Waals surface area contributed by atoms with Crippen LogP contribution in [0.1, 0.15) is 33.6 Å². The summed E-state index contributed by atoms with van der Waals surface area (Å²) in [6.45, 7) is 11.6. The van der Waals surface area contributed by atoms with Crippen LogP contribution in [-0.4, -0.2) is 66.8 Å². The van der Waals surface area contributed by atoms with Crippen molar-refractivity contribution in [3.8, 4) is 0 Å². The van der Waals surface area contributed by atoms with Gasteiger partial charge in [-0.1, -0.05) is 0 Å². The van der Waals surface area contributed by atoms with Crippen LogP contribution < -0.4 is 5.32 Å². The van der Waals surface area contributed by atoms with Gasteiger partial charge >= 0.3 is 6.09 Å². The van der Waals surface area contributed by atoms with Gasteiger partial charge in [0.25, 0.3) is 0 Å². The van der Waals surface area contributed by atoms with E-state index < -0.39 is 5.60 Å². The number of hydrogen-bond donors (Lipinski definition) is 1. The molecule has 0 aliphatic carbocycles. The van der Waals surface area contributed by atoms with E-state index in [2.05, 4.69) is 10.2 Å². The van der Waals surface area contributed by atoms with Gasteiger partial charge in [-0.25, -0.2) is 4.79 Å². The first kappa shape index (κ1) is 14.6. The topological polar surface area (TPSA) is 44.8 Å². The highest BCUT2D eigenvalue weighted by atomic mass is 16.6. The molecule has 19 heavy (non-hydrogen) atoms. The Bertz CT molecular complexity index is 308. The molecule has 5 heteroatoms. The van der Waals surface area contributed by atoms with Crippen molar-refractivity contribution in [3.05, 3.63) is 0 Å². The second-order valence-corrected chi connectivity index (χ2v) is 6.50. The molecule has 0 radical (unpaired) electrons. The Morgan fingerprint density at radius 3 is 2.63 bits per heavy atom. The maximum atomic E-state index is 12.1. The van der Waals surface area contributed by atoms with Crippen molar-refractivity contribution in [2.75, 3.05) is 39.3 Å². The Morgan fingerprint density at radius 2 is 2.00 bits per heavy atom. The normalized spacial score (nSPS) is 26.3. The van der Waals surface area contributed by atoms with Gasteiger partial charge in [0.05, 0.1) is 0 Å². The fourth-order valence-electron chi connectivity index (χ4n) is 2.76. The van der Waals surface area contributed by atoms with E-state index in [1.165, 1.54) is 6.42 Å². The van der Waals surface area contributed by atoms with Gasteiger partial charge in [0.15, 0.2) is 0 Å². The Balaban J connectivity index is 1.84. The molecule has 0 aromatic heterocycles. The number of carbonyl (C=O) groups is 1. The molecule has 1 unspecified atom stereocenters. The van der Waals surface area contributed by atoms with Gasteiger partial charge in [-0.15, -0.1) is 0 Å². The zero-order valence-corrected chi connectivity index (χ0v) is 12.4. The van der Waals surface area contributed by atoms with Gasteiger partial charge in [-0.2, -0.15) is 0 Å². The average molecular weight is 269 g/mol. The third-order valence-corrected chi connectivity index (χ3v) is 3.73. The van der Waals surface area contributed by atoms with Crippen molar-refractivity contribution in [2.45, 2.75) is 45.3 Å².